The fourth-order valence-electron chi connectivity index (χ4n) is 1.87. The molecule has 0 saturated heterocycles. The predicted molar refractivity (Wildman–Crippen MR) is 61.5 cm³/mol. The molecule has 1 aliphatic heterocycles. The lowest BCUT2D eigenvalue weighted by Gasteiger charge is -2.19. The van der Waals surface area contributed by atoms with Crippen LogP contribution in [0, 0.1) is 0 Å². The van der Waals surface area contributed by atoms with Gasteiger partial charge in [0.05, 0.1) is 12.6 Å². The Morgan fingerprint density at radius 1 is 1.33 bits per heavy atom. The molecule has 1 aromatic carbocycles. The van der Waals surface area contributed by atoms with Crippen LogP contribution in [0.1, 0.15) is 24.9 Å². The first-order chi connectivity index (χ1) is 7.42. The van der Waals surface area contributed by atoms with Gasteiger partial charge in [0.1, 0.15) is 5.76 Å². The summed E-state index contributed by atoms with van der Waals surface area (Å²) in [7, 11) is 0. The maximum absolute atomic E-state index is 5.62. The first kappa shape index (κ1) is 10.2. The van der Waals surface area contributed by atoms with Gasteiger partial charge in [0.15, 0.2) is 0 Å². The van der Waals surface area contributed by atoms with Crippen molar-refractivity contribution in [2.45, 2.75) is 19.4 Å². The van der Waals surface area contributed by atoms with Gasteiger partial charge in [0.25, 0.3) is 0 Å². The minimum Gasteiger partial charge on any atom is -0.496 e. The Labute approximate surface area is 91.0 Å². The van der Waals surface area contributed by atoms with Gasteiger partial charge < -0.3 is 10.1 Å². The van der Waals surface area contributed by atoms with Crippen molar-refractivity contribution in [3.63, 3.8) is 0 Å². The summed E-state index contributed by atoms with van der Waals surface area (Å²) >= 11 is 0. The van der Waals surface area contributed by atoms with Gasteiger partial charge in [-0.15, -0.1) is 0 Å². The van der Waals surface area contributed by atoms with Crippen molar-refractivity contribution in [2.24, 2.45) is 0 Å². The molecule has 0 radical (unpaired) electrons. The van der Waals surface area contributed by atoms with E-state index in [2.05, 4.69) is 42.6 Å². The maximum Gasteiger partial charge on any atom is 0.114 e. The summed E-state index contributed by atoms with van der Waals surface area (Å²) in [5.74, 6) is 1.07. The minimum atomic E-state index is 0.221. The van der Waals surface area contributed by atoms with E-state index in [1.807, 2.05) is 6.07 Å². The van der Waals surface area contributed by atoms with Crippen molar-refractivity contribution in [3.8, 4) is 0 Å². The van der Waals surface area contributed by atoms with Crippen molar-refractivity contribution in [3.05, 3.63) is 47.7 Å². The second kappa shape index (κ2) is 4.99. The van der Waals surface area contributed by atoms with E-state index >= 15 is 0 Å². The Kier molecular flexibility index (Phi) is 3.41. The highest BCUT2D eigenvalue weighted by Gasteiger charge is 2.19. The largest absolute Gasteiger partial charge is 0.496 e. The van der Waals surface area contributed by atoms with Crippen LogP contribution in [0.3, 0.4) is 0 Å². The summed E-state index contributed by atoms with van der Waals surface area (Å²) in [6.07, 6.45) is 3.21. The van der Waals surface area contributed by atoms with Crippen molar-refractivity contribution in [1.82, 2.24) is 5.32 Å². The van der Waals surface area contributed by atoms with Crippen LogP contribution in [0.2, 0.25) is 0 Å². The molecule has 1 atom stereocenters. The van der Waals surface area contributed by atoms with E-state index in [0.29, 0.717) is 0 Å². The molecule has 0 aromatic heterocycles. The topological polar surface area (TPSA) is 21.3 Å². The normalized spacial score (nSPS) is 17.0. The van der Waals surface area contributed by atoms with E-state index in [9.17, 15) is 0 Å². The minimum absolute atomic E-state index is 0.221. The van der Waals surface area contributed by atoms with Crippen LogP contribution in [0.15, 0.2) is 42.2 Å². The molecule has 0 aliphatic carbocycles. The number of likely N-dealkylation sites (N-methyl/N-ethyl adjacent to an activating group) is 1. The zero-order valence-corrected chi connectivity index (χ0v) is 9.07. The SMILES string of the molecule is CCNC(C1=CCCO1)c1ccccc1. The molecule has 0 spiro atoms. The number of hydrogen-bond donors (Lipinski definition) is 1. The Morgan fingerprint density at radius 3 is 2.73 bits per heavy atom. The highest BCUT2D eigenvalue weighted by molar-refractivity contribution is 5.26. The number of hydrogen-bond acceptors (Lipinski definition) is 2. The molecule has 2 heteroatoms. The fourth-order valence-corrected chi connectivity index (χ4v) is 1.87. The number of ether oxygens (including phenoxy) is 1. The molecule has 0 fully saturated rings. The van der Waals surface area contributed by atoms with E-state index < -0.39 is 0 Å². The number of benzene rings is 1. The highest BCUT2D eigenvalue weighted by Crippen LogP contribution is 2.25. The Bertz CT molecular complexity index is 332. The van der Waals surface area contributed by atoms with E-state index in [1.54, 1.807) is 0 Å². The average Bonchev–Trinajstić information content (AvgIpc) is 2.80. The summed E-state index contributed by atoms with van der Waals surface area (Å²) in [5, 5.41) is 3.45. The molecule has 1 aliphatic rings. The lowest BCUT2D eigenvalue weighted by atomic mass is 10.1. The van der Waals surface area contributed by atoms with Gasteiger partial charge in [0.2, 0.25) is 0 Å². The number of rotatable bonds is 4. The van der Waals surface area contributed by atoms with E-state index in [4.69, 9.17) is 4.74 Å². The third kappa shape index (κ3) is 2.39. The zero-order chi connectivity index (χ0) is 10.5. The molecule has 80 valence electrons. The first-order valence-electron chi connectivity index (χ1n) is 5.53. The van der Waals surface area contributed by atoms with Gasteiger partial charge in [0, 0.05) is 6.42 Å². The molecular formula is C13H17NO. The van der Waals surface area contributed by atoms with Crippen molar-refractivity contribution in [1.29, 1.82) is 0 Å². The Balaban J connectivity index is 2.19. The molecule has 1 N–H and O–H groups in total. The van der Waals surface area contributed by atoms with Crippen LogP contribution in [0.5, 0.6) is 0 Å². The fraction of sp³-hybridized carbons (Fsp3) is 0.385. The monoisotopic (exact) mass is 203 g/mol. The lowest BCUT2D eigenvalue weighted by molar-refractivity contribution is 0.216. The van der Waals surface area contributed by atoms with Crippen LogP contribution in [-0.2, 0) is 4.74 Å². The molecule has 2 nitrogen and oxygen atoms in total. The molecule has 1 heterocycles. The van der Waals surface area contributed by atoms with Crippen LogP contribution >= 0.6 is 0 Å². The van der Waals surface area contributed by atoms with Crippen molar-refractivity contribution in [2.75, 3.05) is 13.2 Å². The van der Waals surface area contributed by atoms with E-state index in [1.165, 1.54) is 5.56 Å². The number of nitrogens with one attached hydrogen (secondary N) is 1. The van der Waals surface area contributed by atoms with Crippen LogP contribution < -0.4 is 5.32 Å². The van der Waals surface area contributed by atoms with Crippen molar-refractivity contribution >= 4 is 0 Å². The van der Waals surface area contributed by atoms with E-state index in [0.717, 1.165) is 25.3 Å². The van der Waals surface area contributed by atoms with Crippen LogP contribution in [0.25, 0.3) is 0 Å². The van der Waals surface area contributed by atoms with Crippen LogP contribution in [0.4, 0.5) is 0 Å². The standard InChI is InChI=1S/C13H17NO/c1-2-14-13(12-9-6-10-15-12)11-7-4-3-5-8-11/h3-5,7-9,13-14H,2,6,10H2,1H3. The molecule has 2 rings (SSSR count). The molecule has 1 aromatic rings. The molecule has 15 heavy (non-hydrogen) atoms. The molecular weight excluding hydrogens is 186 g/mol. The third-order valence-electron chi connectivity index (χ3n) is 2.56. The molecule has 0 bridgehead atoms. The second-order valence-electron chi connectivity index (χ2n) is 3.65. The first-order valence-corrected chi connectivity index (χ1v) is 5.53. The van der Waals surface area contributed by atoms with E-state index in [-0.39, 0.29) is 6.04 Å². The average molecular weight is 203 g/mol. The van der Waals surface area contributed by atoms with Crippen LogP contribution in [-0.4, -0.2) is 13.2 Å². The Hall–Kier alpha value is -1.28. The van der Waals surface area contributed by atoms with Gasteiger partial charge in [-0.3, -0.25) is 0 Å². The Morgan fingerprint density at radius 2 is 2.13 bits per heavy atom. The summed E-state index contributed by atoms with van der Waals surface area (Å²) < 4.78 is 5.62. The van der Waals surface area contributed by atoms with Crippen molar-refractivity contribution < 1.29 is 4.74 Å². The van der Waals surface area contributed by atoms with Gasteiger partial charge in [-0.2, -0.15) is 0 Å². The predicted octanol–water partition coefficient (Wildman–Crippen LogP) is 2.64. The lowest BCUT2D eigenvalue weighted by Crippen LogP contribution is -2.23. The van der Waals surface area contributed by atoms with Gasteiger partial charge >= 0.3 is 0 Å². The summed E-state index contributed by atoms with van der Waals surface area (Å²) in [6, 6.07) is 10.7. The van der Waals surface area contributed by atoms with Gasteiger partial charge in [-0.05, 0) is 18.2 Å². The molecule has 1 unspecified atom stereocenters. The quantitative estimate of drug-likeness (QED) is 0.812. The maximum atomic E-state index is 5.62. The summed E-state index contributed by atoms with van der Waals surface area (Å²) in [6.45, 7) is 3.88. The smallest absolute Gasteiger partial charge is 0.114 e. The summed E-state index contributed by atoms with van der Waals surface area (Å²) in [5.41, 5.74) is 1.27. The molecule has 0 saturated carbocycles. The summed E-state index contributed by atoms with van der Waals surface area (Å²) in [4.78, 5) is 0. The third-order valence-corrected chi connectivity index (χ3v) is 2.56. The van der Waals surface area contributed by atoms with Gasteiger partial charge in [-0.1, -0.05) is 37.3 Å². The van der Waals surface area contributed by atoms with Gasteiger partial charge in [-0.25, -0.2) is 0 Å². The highest BCUT2D eigenvalue weighted by atomic mass is 16.5. The molecule has 0 amide bonds. The second-order valence-corrected chi connectivity index (χ2v) is 3.65. The zero-order valence-electron chi connectivity index (χ0n) is 9.07.